The summed E-state index contributed by atoms with van der Waals surface area (Å²) in [5.41, 5.74) is 3.35. The van der Waals surface area contributed by atoms with E-state index < -0.39 is 0 Å². The number of hydrogen-bond acceptors (Lipinski definition) is 4. The van der Waals surface area contributed by atoms with Gasteiger partial charge in [-0.15, -0.1) is 10.2 Å². The second kappa shape index (κ2) is 9.16. The largest absolute Gasteiger partial charge is 0.497 e. The highest BCUT2D eigenvalue weighted by Crippen LogP contribution is 2.28. The average Bonchev–Trinajstić information content (AvgIpc) is 3.15. The summed E-state index contributed by atoms with van der Waals surface area (Å²) in [6.45, 7) is 0. The number of aromatic nitrogens is 3. The van der Waals surface area contributed by atoms with Gasteiger partial charge in [0.25, 0.3) is 0 Å². The lowest BCUT2D eigenvalue weighted by Gasteiger charge is -2.11. The molecule has 0 saturated heterocycles. The lowest BCUT2D eigenvalue weighted by molar-refractivity contribution is 0.414. The first-order chi connectivity index (χ1) is 14.2. The number of hydrogen-bond donors (Lipinski definition) is 0. The minimum absolute atomic E-state index is 0.706. The van der Waals surface area contributed by atoms with Gasteiger partial charge in [0, 0.05) is 22.9 Å². The monoisotopic (exact) mass is 421 g/mol. The Bertz CT molecular complexity index is 1080. The van der Waals surface area contributed by atoms with Crippen molar-refractivity contribution in [2.24, 2.45) is 0 Å². The van der Waals surface area contributed by atoms with Crippen molar-refractivity contribution in [2.75, 3.05) is 7.11 Å². The van der Waals surface area contributed by atoms with Crippen LogP contribution in [0.3, 0.4) is 0 Å². The zero-order chi connectivity index (χ0) is 20.1. The molecule has 0 aliphatic carbocycles. The molecular weight excluding hydrogens is 402 g/mol. The number of ether oxygens (including phenoxy) is 1. The lowest BCUT2D eigenvalue weighted by atomic mass is 10.1. The fraction of sp³-hybridized carbons (Fsp3) is 0.130. The fourth-order valence-electron chi connectivity index (χ4n) is 3.05. The number of methoxy groups -OCH3 is 1. The molecule has 1 aromatic heterocycles. The van der Waals surface area contributed by atoms with E-state index in [2.05, 4.69) is 33.0 Å². The van der Waals surface area contributed by atoms with E-state index in [1.54, 1.807) is 18.9 Å². The standard InChI is InChI=1S/C23H20ClN3OS/c1-28-21-12-10-20(11-13-21)27-22(15-17-6-3-2-4-7-17)25-26-23(27)29-16-18-8-5-9-19(24)14-18/h2-14H,15-16H2,1H3. The Morgan fingerprint density at radius 1 is 0.897 bits per heavy atom. The first-order valence-corrected chi connectivity index (χ1v) is 10.6. The van der Waals surface area contributed by atoms with Crippen LogP contribution in [0, 0.1) is 0 Å². The average molecular weight is 422 g/mol. The van der Waals surface area contributed by atoms with Crippen molar-refractivity contribution in [1.82, 2.24) is 14.8 Å². The van der Waals surface area contributed by atoms with Crippen LogP contribution < -0.4 is 4.74 Å². The molecule has 0 atom stereocenters. The molecule has 4 rings (SSSR count). The van der Waals surface area contributed by atoms with E-state index in [1.807, 2.05) is 60.7 Å². The van der Waals surface area contributed by atoms with Crippen LogP contribution in [0.15, 0.2) is 84.0 Å². The van der Waals surface area contributed by atoms with Crippen LogP contribution in [0.1, 0.15) is 17.0 Å². The van der Waals surface area contributed by atoms with Gasteiger partial charge in [0.1, 0.15) is 11.6 Å². The molecule has 0 spiro atoms. The molecule has 3 aromatic carbocycles. The molecule has 0 radical (unpaired) electrons. The maximum absolute atomic E-state index is 6.12. The number of benzene rings is 3. The Balaban J connectivity index is 1.66. The molecule has 0 aliphatic heterocycles. The number of thioether (sulfide) groups is 1. The van der Waals surface area contributed by atoms with Gasteiger partial charge in [0.2, 0.25) is 0 Å². The van der Waals surface area contributed by atoms with Crippen molar-refractivity contribution in [2.45, 2.75) is 17.3 Å². The predicted molar refractivity (Wildman–Crippen MR) is 118 cm³/mol. The molecule has 6 heteroatoms. The van der Waals surface area contributed by atoms with E-state index in [4.69, 9.17) is 16.3 Å². The van der Waals surface area contributed by atoms with Crippen LogP contribution in [0.5, 0.6) is 5.75 Å². The first kappa shape index (κ1) is 19.6. The third-order valence-electron chi connectivity index (χ3n) is 4.49. The van der Waals surface area contributed by atoms with Crippen molar-refractivity contribution in [3.8, 4) is 11.4 Å². The molecule has 146 valence electrons. The van der Waals surface area contributed by atoms with Gasteiger partial charge < -0.3 is 4.74 Å². The van der Waals surface area contributed by atoms with Crippen LogP contribution in [0.25, 0.3) is 5.69 Å². The minimum Gasteiger partial charge on any atom is -0.497 e. The molecule has 0 aliphatic rings. The number of nitrogens with zero attached hydrogens (tertiary/aromatic N) is 3. The summed E-state index contributed by atoms with van der Waals surface area (Å²) in [5.74, 6) is 2.48. The van der Waals surface area contributed by atoms with Crippen LogP contribution in [0.4, 0.5) is 0 Å². The fourth-order valence-corrected chi connectivity index (χ4v) is 4.18. The summed E-state index contributed by atoms with van der Waals surface area (Å²) < 4.78 is 7.41. The molecule has 0 unspecified atom stereocenters. The molecule has 0 bridgehead atoms. The van der Waals surface area contributed by atoms with Gasteiger partial charge >= 0.3 is 0 Å². The summed E-state index contributed by atoms with van der Waals surface area (Å²) in [6, 6.07) is 26.2. The Hall–Kier alpha value is -2.76. The zero-order valence-corrected chi connectivity index (χ0v) is 17.5. The van der Waals surface area contributed by atoms with Gasteiger partial charge in [-0.3, -0.25) is 4.57 Å². The van der Waals surface area contributed by atoms with Gasteiger partial charge in [-0.25, -0.2) is 0 Å². The van der Waals surface area contributed by atoms with Gasteiger partial charge in [-0.2, -0.15) is 0 Å². The molecule has 0 N–H and O–H groups in total. The SMILES string of the molecule is COc1ccc(-n2c(Cc3ccccc3)nnc2SCc2cccc(Cl)c2)cc1. The van der Waals surface area contributed by atoms with E-state index >= 15 is 0 Å². The van der Waals surface area contributed by atoms with Crippen molar-refractivity contribution in [3.63, 3.8) is 0 Å². The highest BCUT2D eigenvalue weighted by Gasteiger charge is 2.15. The molecule has 4 nitrogen and oxygen atoms in total. The number of rotatable bonds is 7. The molecule has 1 heterocycles. The predicted octanol–water partition coefficient (Wildman–Crippen LogP) is 5.81. The van der Waals surface area contributed by atoms with Gasteiger partial charge in [-0.05, 0) is 47.5 Å². The third-order valence-corrected chi connectivity index (χ3v) is 5.73. The van der Waals surface area contributed by atoms with Gasteiger partial charge in [0.15, 0.2) is 5.16 Å². The van der Waals surface area contributed by atoms with Crippen molar-refractivity contribution < 1.29 is 4.74 Å². The molecule has 0 saturated carbocycles. The van der Waals surface area contributed by atoms with E-state index in [9.17, 15) is 0 Å². The van der Waals surface area contributed by atoms with Crippen molar-refractivity contribution in [3.05, 3.63) is 101 Å². The van der Waals surface area contributed by atoms with E-state index in [-0.39, 0.29) is 0 Å². The Kier molecular flexibility index (Phi) is 6.17. The second-order valence-electron chi connectivity index (χ2n) is 6.51. The first-order valence-electron chi connectivity index (χ1n) is 9.23. The molecular formula is C23H20ClN3OS. The maximum Gasteiger partial charge on any atom is 0.196 e. The summed E-state index contributed by atoms with van der Waals surface area (Å²) in [4.78, 5) is 0. The van der Waals surface area contributed by atoms with Gasteiger partial charge in [0.05, 0.1) is 7.11 Å². The molecule has 0 amide bonds. The highest BCUT2D eigenvalue weighted by molar-refractivity contribution is 7.98. The van der Waals surface area contributed by atoms with E-state index in [1.165, 1.54) is 5.56 Å². The summed E-state index contributed by atoms with van der Waals surface area (Å²) >= 11 is 7.77. The number of halogens is 1. The van der Waals surface area contributed by atoms with Crippen LogP contribution in [-0.2, 0) is 12.2 Å². The highest BCUT2D eigenvalue weighted by atomic mass is 35.5. The Labute approximate surface area is 179 Å². The van der Waals surface area contributed by atoms with Crippen molar-refractivity contribution in [1.29, 1.82) is 0 Å². The van der Waals surface area contributed by atoms with Crippen LogP contribution in [-0.4, -0.2) is 21.9 Å². The van der Waals surface area contributed by atoms with E-state index in [0.29, 0.717) is 6.42 Å². The smallest absolute Gasteiger partial charge is 0.196 e. The minimum atomic E-state index is 0.706. The second-order valence-corrected chi connectivity index (χ2v) is 7.89. The molecule has 4 aromatic rings. The molecule has 29 heavy (non-hydrogen) atoms. The maximum atomic E-state index is 6.12. The lowest BCUT2D eigenvalue weighted by Crippen LogP contribution is -2.04. The quantitative estimate of drug-likeness (QED) is 0.353. The van der Waals surface area contributed by atoms with Gasteiger partial charge in [-0.1, -0.05) is 65.8 Å². The van der Waals surface area contributed by atoms with E-state index in [0.717, 1.165) is 38.8 Å². The summed E-state index contributed by atoms with van der Waals surface area (Å²) in [5, 5.41) is 10.6. The summed E-state index contributed by atoms with van der Waals surface area (Å²) in [7, 11) is 1.67. The Morgan fingerprint density at radius 3 is 2.38 bits per heavy atom. The Morgan fingerprint density at radius 2 is 1.66 bits per heavy atom. The summed E-state index contributed by atoms with van der Waals surface area (Å²) in [6.07, 6.45) is 0.706. The van der Waals surface area contributed by atoms with Crippen molar-refractivity contribution >= 4 is 23.4 Å². The van der Waals surface area contributed by atoms with Crippen LogP contribution >= 0.6 is 23.4 Å². The van der Waals surface area contributed by atoms with Crippen LogP contribution in [0.2, 0.25) is 5.02 Å². The molecule has 0 fully saturated rings. The third kappa shape index (κ3) is 4.81. The normalized spacial score (nSPS) is 10.8. The topological polar surface area (TPSA) is 39.9 Å². The zero-order valence-electron chi connectivity index (χ0n) is 16.0.